The summed E-state index contributed by atoms with van der Waals surface area (Å²) in [7, 11) is 2.19. The Morgan fingerprint density at radius 2 is 1.93 bits per heavy atom. The number of ketones is 1. The van der Waals surface area contributed by atoms with Gasteiger partial charge in [-0.05, 0) is 79.5 Å². The first-order valence-corrected chi connectivity index (χ1v) is 11.5. The van der Waals surface area contributed by atoms with E-state index in [1.807, 2.05) is 30.3 Å². The summed E-state index contributed by atoms with van der Waals surface area (Å²) in [6.07, 6.45) is 8.63. The number of nitrogens with zero attached hydrogens (tertiary/aromatic N) is 2. The van der Waals surface area contributed by atoms with E-state index in [1.165, 1.54) is 18.5 Å². The fourth-order valence-corrected chi connectivity index (χ4v) is 7.45. The Bertz CT molecular complexity index is 929. The number of piperidine rings is 1. The van der Waals surface area contributed by atoms with Crippen molar-refractivity contribution >= 4 is 5.78 Å². The minimum Gasteiger partial charge on any atom is -0.490 e. The van der Waals surface area contributed by atoms with Gasteiger partial charge in [0.15, 0.2) is 5.78 Å². The largest absolute Gasteiger partial charge is 0.490 e. The second-order valence-corrected chi connectivity index (χ2v) is 10.7. The lowest BCUT2D eigenvalue weighted by molar-refractivity contribution is -0.118. The van der Waals surface area contributed by atoms with E-state index in [9.17, 15) is 4.79 Å². The molecule has 2 saturated carbocycles. The molecule has 0 radical (unpaired) electrons. The summed E-state index contributed by atoms with van der Waals surface area (Å²) in [6, 6.07) is 9.70. The van der Waals surface area contributed by atoms with Gasteiger partial charge in [-0.2, -0.15) is 5.26 Å². The fourth-order valence-electron chi connectivity index (χ4n) is 7.45. The Morgan fingerprint density at radius 3 is 2.67 bits per heavy atom. The van der Waals surface area contributed by atoms with E-state index in [4.69, 9.17) is 10.00 Å². The first kappa shape index (κ1) is 19.7. The highest BCUT2D eigenvalue weighted by molar-refractivity contribution is 5.91. The van der Waals surface area contributed by atoms with Crippen LogP contribution in [0.1, 0.15) is 57.9 Å². The third-order valence-electron chi connectivity index (χ3n) is 8.94. The van der Waals surface area contributed by atoms with Crippen LogP contribution in [0, 0.1) is 39.9 Å². The summed E-state index contributed by atoms with van der Waals surface area (Å²) in [5.41, 5.74) is 2.43. The van der Waals surface area contributed by atoms with Crippen molar-refractivity contribution in [3.05, 3.63) is 41.6 Å². The Labute approximate surface area is 179 Å². The van der Waals surface area contributed by atoms with Gasteiger partial charge >= 0.3 is 0 Å². The molecule has 0 N–H and O–H groups in total. The van der Waals surface area contributed by atoms with Crippen molar-refractivity contribution in [1.82, 2.24) is 4.90 Å². The third kappa shape index (κ3) is 2.97. The number of benzene rings is 1. The molecule has 3 aliphatic carbocycles. The lowest BCUT2D eigenvalue weighted by atomic mass is 9.50. The maximum atomic E-state index is 12.1. The summed E-state index contributed by atoms with van der Waals surface area (Å²) in [5.74, 6) is 3.17. The Kier molecular flexibility index (Phi) is 4.51. The smallest absolute Gasteiger partial charge is 0.157 e. The Balaban J connectivity index is 1.38. The van der Waals surface area contributed by atoms with E-state index in [0.717, 1.165) is 31.6 Å². The van der Waals surface area contributed by atoms with Crippen molar-refractivity contribution < 1.29 is 9.53 Å². The summed E-state index contributed by atoms with van der Waals surface area (Å²) in [4.78, 5) is 14.5. The summed E-state index contributed by atoms with van der Waals surface area (Å²) >= 11 is 0. The van der Waals surface area contributed by atoms with E-state index in [2.05, 4.69) is 31.9 Å². The number of nitriles is 1. The van der Waals surface area contributed by atoms with Gasteiger partial charge in [0, 0.05) is 37.2 Å². The number of likely N-dealkylation sites (tertiary alicyclic amines) is 1. The molecule has 0 amide bonds. The molecule has 158 valence electrons. The second kappa shape index (κ2) is 6.87. The van der Waals surface area contributed by atoms with Crippen LogP contribution in [0.4, 0.5) is 0 Å². The van der Waals surface area contributed by atoms with Crippen LogP contribution in [0.25, 0.3) is 0 Å². The molecule has 1 aromatic carbocycles. The van der Waals surface area contributed by atoms with Crippen LogP contribution in [0.15, 0.2) is 36.0 Å². The van der Waals surface area contributed by atoms with Crippen LogP contribution in [-0.2, 0) is 4.79 Å². The summed E-state index contributed by atoms with van der Waals surface area (Å²) < 4.78 is 6.41. The first-order valence-electron chi connectivity index (χ1n) is 11.5. The van der Waals surface area contributed by atoms with Gasteiger partial charge in [0.25, 0.3) is 0 Å². The third-order valence-corrected chi connectivity index (χ3v) is 8.94. The molecule has 4 nitrogen and oxygen atoms in total. The van der Waals surface area contributed by atoms with Crippen LogP contribution in [-0.4, -0.2) is 30.4 Å². The zero-order chi connectivity index (χ0) is 21.1. The van der Waals surface area contributed by atoms with E-state index < -0.39 is 0 Å². The van der Waals surface area contributed by atoms with Gasteiger partial charge in [-0.1, -0.05) is 13.8 Å². The zero-order valence-corrected chi connectivity index (χ0v) is 18.4. The normalized spacial score (nSPS) is 40.0. The summed E-state index contributed by atoms with van der Waals surface area (Å²) in [5, 5.41) is 9.02. The van der Waals surface area contributed by atoms with Gasteiger partial charge in [-0.3, -0.25) is 4.79 Å². The van der Waals surface area contributed by atoms with Crippen molar-refractivity contribution in [3.8, 4) is 11.8 Å². The van der Waals surface area contributed by atoms with Gasteiger partial charge in [-0.15, -0.1) is 0 Å². The molecule has 0 aromatic heterocycles. The molecule has 4 aliphatic rings. The average molecular weight is 405 g/mol. The molecule has 4 heteroatoms. The van der Waals surface area contributed by atoms with Crippen LogP contribution in [0.2, 0.25) is 0 Å². The molecule has 1 heterocycles. The highest BCUT2D eigenvalue weighted by Crippen LogP contribution is 2.64. The molecule has 1 aromatic rings. The lowest BCUT2D eigenvalue weighted by Gasteiger charge is -2.59. The predicted molar refractivity (Wildman–Crippen MR) is 116 cm³/mol. The minimum atomic E-state index is 0.138. The monoisotopic (exact) mass is 404 g/mol. The van der Waals surface area contributed by atoms with Crippen molar-refractivity contribution in [2.24, 2.45) is 28.6 Å². The maximum Gasteiger partial charge on any atom is 0.157 e. The number of carbonyl (C=O) groups excluding carboxylic acids is 1. The Hall–Kier alpha value is -2.28. The summed E-state index contributed by atoms with van der Waals surface area (Å²) in [6.45, 7) is 5.96. The van der Waals surface area contributed by atoms with Gasteiger partial charge in [0.05, 0.1) is 17.7 Å². The zero-order valence-electron chi connectivity index (χ0n) is 18.4. The molecular weight excluding hydrogens is 372 g/mol. The maximum absolute atomic E-state index is 12.1. The number of allylic oxidation sites excluding steroid dienone is 2. The highest BCUT2D eigenvalue weighted by atomic mass is 16.5. The first-order chi connectivity index (χ1) is 14.3. The van der Waals surface area contributed by atoms with E-state index in [-0.39, 0.29) is 11.5 Å². The number of ether oxygens (including phenoxy) is 1. The van der Waals surface area contributed by atoms with Crippen LogP contribution >= 0.6 is 0 Å². The van der Waals surface area contributed by atoms with Crippen LogP contribution in [0.3, 0.4) is 0 Å². The van der Waals surface area contributed by atoms with E-state index in [1.54, 1.807) is 0 Å². The Morgan fingerprint density at radius 1 is 1.17 bits per heavy atom. The number of carbonyl (C=O) groups is 1. The van der Waals surface area contributed by atoms with Crippen molar-refractivity contribution in [1.29, 1.82) is 5.26 Å². The molecule has 0 spiro atoms. The van der Waals surface area contributed by atoms with Gasteiger partial charge in [0.2, 0.25) is 0 Å². The van der Waals surface area contributed by atoms with Crippen molar-refractivity contribution in [2.75, 3.05) is 13.6 Å². The molecule has 1 aliphatic heterocycles. The SMILES string of the molecule is CN1C[C@@H]2[C@@H](CC[C@]3(C)CC(Oc4ccc(C#N)cc4)C[C@@H]23)[C@@]2(C)CCC(=O)C=C12. The molecule has 6 atom stereocenters. The quantitative estimate of drug-likeness (QED) is 0.700. The molecule has 3 fully saturated rings. The molecule has 0 bridgehead atoms. The number of hydrogen-bond acceptors (Lipinski definition) is 4. The van der Waals surface area contributed by atoms with E-state index in [0.29, 0.717) is 40.9 Å². The van der Waals surface area contributed by atoms with Gasteiger partial charge in [0.1, 0.15) is 5.75 Å². The molecule has 1 unspecified atom stereocenters. The number of fused-ring (bicyclic) bond motifs is 5. The second-order valence-electron chi connectivity index (χ2n) is 10.7. The van der Waals surface area contributed by atoms with Gasteiger partial charge in [-0.25, -0.2) is 0 Å². The average Bonchev–Trinajstić information content (AvgIpc) is 3.06. The lowest BCUT2D eigenvalue weighted by Crippen LogP contribution is -2.56. The number of hydrogen-bond donors (Lipinski definition) is 0. The van der Waals surface area contributed by atoms with Crippen LogP contribution in [0.5, 0.6) is 5.75 Å². The predicted octanol–water partition coefficient (Wildman–Crippen LogP) is 4.95. The fraction of sp³-hybridized carbons (Fsp3) is 0.615. The molecule has 1 saturated heterocycles. The standard InChI is InChI=1S/C26H32N2O2/c1-25-10-9-22-21(16-28(3)24-12-18(29)8-11-26(22,24)2)23(25)13-20(14-25)30-19-6-4-17(15-27)5-7-19/h4-7,12,20-23H,8-11,13-14,16H2,1-3H3/t20?,21-,22-,23+,25-,26-/m1/s1. The molecular formula is C26H32N2O2. The van der Waals surface area contributed by atoms with Crippen molar-refractivity contribution in [3.63, 3.8) is 0 Å². The highest BCUT2D eigenvalue weighted by Gasteiger charge is 2.59. The van der Waals surface area contributed by atoms with E-state index >= 15 is 0 Å². The van der Waals surface area contributed by atoms with Crippen LogP contribution < -0.4 is 4.74 Å². The molecule has 5 rings (SSSR count). The minimum absolute atomic E-state index is 0.138. The molecule has 30 heavy (non-hydrogen) atoms. The number of rotatable bonds is 2. The van der Waals surface area contributed by atoms with Crippen molar-refractivity contribution in [2.45, 2.75) is 58.5 Å². The van der Waals surface area contributed by atoms with Gasteiger partial charge < -0.3 is 9.64 Å². The topological polar surface area (TPSA) is 53.3 Å².